The van der Waals surface area contributed by atoms with E-state index in [-0.39, 0.29) is 36.3 Å². The smallest absolute Gasteiger partial charge is 0.224 e. The van der Waals surface area contributed by atoms with E-state index in [4.69, 9.17) is 0 Å². The molecule has 2 fully saturated rings. The number of likely N-dealkylation sites (N-methyl/N-ethyl adjacent to an activating group) is 1. The fourth-order valence-electron chi connectivity index (χ4n) is 2.22. The lowest BCUT2D eigenvalue weighted by molar-refractivity contribution is -0.126. The number of thioether (sulfide) groups is 1. The Kier molecular flexibility index (Phi) is 6.25. The second kappa shape index (κ2) is 7.21. The molecule has 5 nitrogen and oxygen atoms in total. The van der Waals surface area contributed by atoms with Gasteiger partial charge in [-0.2, -0.15) is 11.8 Å². The molecule has 2 saturated heterocycles. The average molecular weight is 294 g/mol. The molecule has 2 N–H and O–H groups in total. The molecule has 0 aromatic rings. The van der Waals surface area contributed by atoms with Crippen molar-refractivity contribution in [2.24, 2.45) is 0 Å². The molecular weight excluding hydrogens is 274 g/mol. The van der Waals surface area contributed by atoms with Crippen molar-refractivity contribution in [3.63, 3.8) is 0 Å². The van der Waals surface area contributed by atoms with Gasteiger partial charge >= 0.3 is 0 Å². The lowest BCUT2D eigenvalue weighted by Crippen LogP contribution is -2.44. The molecule has 2 unspecified atom stereocenters. The molecular formula is C11H20ClN3O2S. The van der Waals surface area contributed by atoms with Crippen LogP contribution in [0.25, 0.3) is 0 Å². The van der Waals surface area contributed by atoms with Crippen molar-refractivity contribution in [1.29, 1.82) is 0 Å². The van der Waals surface area contributed by atoms with E-state index in [1.165, 1.54) is 0 Å². The predicted molar refractivity (Wildman–Crippen MR) is 75.2 cm³/mol. The summed E-state index contributed by atoms with van der Waals surface area (Å²) in [5.74, 6) is 2.29. The van der Waals surface area contributed by atoms with E-state index < -0.39 is 0 Å². The summed E-state index contributed by atoms with van der Waals surface area (Å²) >= 11 is 1.88. The molecule has 2 atom stereocenters. The van der Waals surface area contributed by atoms with Crippen LogP contribution in [-0.4, -0.2) is 60.4 Å². The third kappa shape index (κ3) is 4.33. The van der Waals surface area contributed by atoms with Gasteiger partial charge < -0.3 is 15.5 Å². The number of likely N-dealkylation sites (tertiary alicyclic amines) is 1. The Morgan fingerprint density at radius 2 is 2.39 bits per heavy atom. The zero-order valence-corrected chi connectivity index (χ0v) is 12.1. The molecule has 0 radical (unpaired) electrons. The number of carbonyl (C=O) groups excluding carboxylic acids is 2. The standard InChI is InChI=1S/C11H19N3O2S.ClH/c1-14-6-8(5-11(14)16)13-10(15)4-9-7-17-3-2-12-9;/h8-9,12H,2-7H2,1H3,(H,13,15);1H. The van der Waals surface area contributed by atoms with Crippen LogP contribution < -0.4 is 10.6 Å². The maximum atomic E-state index is 11.8. The van der Waals surface area contributed by atoms with Gasteiger partial charge in [-0.1, -0.05) is 0 Å². The Hall–Kier alpha value is -0.460. The highest BCUT2D eigenvalue weighted by atomic mass is 35.5. The largest absolute Gasteiger partial charge is 0.351 e. The zero-order chi connectivity index (χ0) is 12.3. The van der Waals surface area contributed by atoms with Gasteiger partial charge in [-0.3, -0.25) is 9.59 Å². The Labute approximate surface area is 118 Å². The Balaban J connectivity index is 0.00000162. The minimum absolute atomic E-state index is 0. The summed E-state index contributed by atoms with van der Waals surface area (Å²) < 4.78 is 0. The first kappa shape index (κ1) is 15.6. The summed E-state index contributed by atoms with van der Waals surface area (Å²) in [5, 5.41) is 6.27. The van der Waals surface area contributed by atoms with Gasteiger partial charge in [0.15, 0.2) is 0 Å². The molecule has 0 bridgehead atoms. The number of rotatable bonds is 3. The lowest BCUT2D eigenvalue weighted by Gasteiger charge is -2.23. The zero-order valence-electron chi connectivity index (χ0n) is 10.5. The summed E-state index contributed by atoms with van der Waals surface area (Å²) in [7, 11) is 1.77. The van der Waals surface area contributed by atoms with Gasteiger partial charge in [0.05, 0.1) is 6.04 Å². The Bertz CT molecular complexity index is 311. The minimum atomic E-state index is -0.00348. The third-order valence-corrected chi connectivity index (χ3v) is 4.27. The number of halogens is 1. The summed E-state index contributed by atoms with van der Waals surface area (Å²) in [6, 6.07) is 0.278. The first-order chi connectivity index (χ1) is 8.15. The van der Waals surface area contributed by atoms with E-state index in [9.17, 15) is 9.59 Å². The van der Waals surface area contributed by atoms with Crippen LogP contribution in [0.2, 0.25) is 0 Å². The van der Waals surface area contributed by atoms with E-state index in [0.29, 0.717) is 19.4 Å². The van der Waals surface area contributed by atoms with Crippen LogP contribution in [0.1, 0.15) is 12.8 Å². The van der Waals surface area contributed by atoms with Crippen LogP contribution in [0.3, 0.4) is 0 Å². The summed E-state index contributed by atoms with van der Waals surface area (Å²) in [5.41, 5.74) is 0. The Morgan fingerprint density at radius 3 is 2.94 bits per heavy atom. The van der Waals surface area contributed by atoms with Crippen molar-refractivity contribution in [3.05, 3.63) is 0 Å². The van der Waals surface area contributed by atoms with Crippen molar-refractivity contribution in [1.82, 2.24) is 15.5 Å². The molecule has 2 aliphatic heterocycles. The van der Waals surface area contributed by atoms with Gasteiger partial charge in [0, 0.05) is 50.5 Å². The number of amides is 2. The summed E-state index contributed by atoms with van der Waals surface area (Å²) in [4.78, 5) is 24.8. The fourth-order valence-corrected chi connectivity index (χ4v) is 3.17. The highest BCUT2D eigenvalue weighted by Crippen LogP contribution is 2.12. The molecule has 2 amide bonds. The van der Waals surface area contributed by atoms with Crippen molar-refractivity contribution >= 4 is 36.0 Å². The van der Waals surface area contributed by atoms with E-state index >= 15 is 0 Å². The van der Waals surface area contributed by atoms with Gasteiger partial charge in [0.2, 0.25) is 11.8 Å². The monoisotopic (exact) mass is 293 g/mol. The molecule has 18 heavy (non-hydrogen) atoms. The van der Waals surface area contributed by atoms with E-state index in [0.717, 1.165) is 18.1 Å². The first-order valence-corrected chi connectivity index (χ1v) is 7.15. The maximum absolute atomic E-state index is 11.8. The van der Waals surface area contributed by atoms with E-state index in [2.05, 4.69) is 10.6 Å². The molecule has 2 aliphatic rings. The summed E-state index contributed by atoms with van der Waals surface area (Å²) in [6.07, 6.45) is 0.955. The molecule has 0 aromatic carbocycles. The predicted octanol–water partition coefficient (Wildman–Crippen LogP) is -0.150. The van der Waals surface area contributed by atoms with Crippen molar-refractivity contribution in [3.8, 4) is 0 Å². The molecule has 2 rings (SSSR count). The quantitative estimate of drug-likeness (QED) is 0.760. The second-order valence-electron chi connectivity index (χ2n) is 4.67. The van der Waals surface area contributed by atoms with Crippen LogP contribution in [0.4, 0.5) is 0 Å². The minimum Gasteiger partial charge on any atom is -0.351 e. The van der Waals surface area contributed by atoms with E-state index in [1.54, 1.807) is 11.9 Å². The molecule has 2 heterocycles. The van der Waals surface area contributed by atoms with Gasteiger partial charge in [0.1, 0.15) is 0 Å². The Morgan fingerprint density at radius 1 is 1.61 bits per heavy atom. The van der Waals surface area contributed by atoms with E-state index in [1.807, 2.05) is 11.8 Å². The van der Waals surface area contributed by atoms with Gasteiger partial charge in [0.25, 0.3) is 0 Å². The highest BCUT2D eigenvalue weighted by Gasteiger charge is 2.28. The van der Waals surface area contributed by atoms with Crippen molar-refractivity contribution < 1.29 is 9.59 Å². The number of carbonyl (C=O) groups is 2. The van der Waals surface area contributed by atoms with Crippen LogP contribution in [0.5, 0.6) is 0 Å². The fraction of sp³-hybridized carbons (Fsp3) is 0.818. The highest BCUT2D eigenvalue weighted by molar-refractivity contribution is 7.99. The van der Waals surface area contributed by atoms with Crippen molar-refractivity contribution in [2.75, 3.05) is 31.6 Å². The molecule has 0 aromatic heterocycles. The third-order valence-electron chi connectivity index (χ3n) is 3.14. The molecule has 104 valence electrons. The van der Waals surface area contributed by atoms with Crippen LogP contribution in [0.15, 0.2) is 0 Å². The normalized spacial score (nSPS) is 27.8. The second-order valence-corrected chi connectivity index (χ2v) is 5.82. The first-order valence-electron chi connectivity index (χ1n) is 5.99. The van der Waals surface area contributed by atoms with Crippen LogP contribution >= 0.6 is 24.2 Å². The van der Waals surface area contributed by atoms with Crippen molar-refractivity contribution in [2.45, 2.75) is 24.9 Å². The number of hydrogen-bond acceptors (Lipinski definition) is 4. The van der Waals surface area contributed by atoms with Crippen LogP contribution in [0, 0.1) is 0 Å². The molecule has 0 aliphatic carbocycles. The molecule has 7 heteroatoms. The summed E-state index contributed by atoms with van der Waals surface area (Å²) in [6.45, 7) is 1.62. The van der Waals surface area contributed by atoms with Gasteiger partial charge in [-0.15, -0.1) is 12.4 Å². The average Bonchev–Trinajstić information content (AvgIpc) is 2.59. The van der Waals surface area contributed by atoms with Crippen LogP contribution in [-0.2, 0) is 9.59 Å². The maximum Gasteiger partial charge on any atom is 0.224 e. The number of nitrogens with zero attached hydrogens (tertiary/aromatic N) is 1. The number of nitrogens with one attached hydrogen (secondary N) is 2. The topological polar surface area (TPSA) is 61.4 Å². The lowest BCUT2D eigenvalue weighted by atomic mass is 10.2. The van der Waals surface area contributed by atoms with Gasteiger partial charge in [-0.25, -0.2) is 0 Å². The molecule has 0 saturated carbocycles. The number of hydrogen-bond donors (Lipinski definition) is 2. The molecule has 0 spiro atoms. The SMILES string of the molecule is CN1CC(NC(=O)CC2CSCCN2)CC1=O.Cl. The van der Waals surface area contributed by atoms with Gasteiger partial charge in [-0.05, 0) is 0 Å².